The molecule has 0 radical (unpaired) electrons. The number of aryl methyl sites for hydroxylation is 1. The second-order valence-electron chi connectivity index (χ2n) is 5.20. The molecular formula is C14H21FN2S. The molecule has 1 heterocycles. The van der Waals surface area contributed by atoms with Crippen molar-refractivity contribution in [3.05, 3.63) is 29.6 Å². The zero-order valence-electron chi connectivity index (χ0n) is 11.3. The van der Waals surface area contributed by atoms with Crippen molar-refractivity contribution in [1.82, 2.24) is 10.2 Å². The predicted octanol–water partition coefficient (Wildman–Crippen LogP) is 2.87. The minimum atomic E-state index is -0.126. The number of rotatable bonds is 3. The largest absolute Gasteiger partial charge is 0.314 e. The van der Waals surface area contributed by atoms with Gasteiger partial charge < -0.3 is 5.32 Å². The van der Waals surface area contributed by atoms with Gasteiger partial charge in [0.1, 0.15) is 5.82 Å². The van der Waals surface area contributed by atoms with Crippen LogP contribution < -0.4 is 5.32 Å². The first-order chi connectivity index (χ1) is 8.49. The number of benzene rings is 1. The molecule has 0 unspecified atom stereocenters. The molecule has 2 nitrogen and oxygen atoms in total. The Kier molecular flexibility index (Phi) is 4.30. The smallest absolute Gasteiger partial charge is 0.126 e. The van der Waals surface area contributed by atoms with Crippen LogP contribution in [0.15, 0.2) is 23.1 Å². The highest BCUT2D eigenvalue weighted by molar-refractivity contribution is 8.00. The van der Waals surface area contributed by atoms with Gasteiger partial charge in [-0.3, -0.25) is 4.90 Å². The molecule has 2 rings (SSSR count). The third-order valence-corrected chi connectivity index (χ3v) is 4.62. The maximum Gasteiger partial charge on any atom is 0.126 e. The van der Waals surface area contributed by atoms with E-state index in [9.17, 15) is 4.39 Å². The molecular weight excluding hydrogens is 247 g/mol. The highest BCUT2D eigenvalue weighted by Gasteiger charge is 2.28. The van der Waals surface area contributed by atoms with Crippen LogP contribution in [-0.4, -0.2) is 35.9 Å². The van der Waals surface area contributed by atoms with Crippen LogP contribution in [0.25, 0.3) is 0 Å². The van der Waals surface area contributed by atoms with E-state index in [1.165, 1.54) is 0 Å². The van der Waals surface area contributed by atoms with Gasteiger partial charge in [-0.1, -0.05) is 0 Å². The maximum absolute atomic E-state index is 13.3. The molecule has 0 atom stereocenters. The van der Waals surface area contributed by atoms with E-state index in [0.29, 0.717) is 0 Å². The fraction of sp³-hybridized carbons (Fsp3) is 0.571. The van der Waals surface area contributed by atoms with Crippen molar-refractivity contribution in [1.29, 1.82) is 0 Å². The molecule has 1 saturated heterocycles. The average Bonchev–Trinajstić information content (AvgIpc) is 2.35. The Morgan fingerprint density at radius 2 is 1.94 bits per heavy atom. The van der Waals surface area contributed by atoms with Crippen LogP contribution >= 0.6 is 11.8 Å². The van der Waals surface area contributed by atoms with Crippen molar-refractivity contribution in [2.45, 2.75) is 30.5 Å². The summed E-state index contributed by atoms with van der Waals surface area (Å²) in [5, 5.41) is 3.37. The topological polar surface area (TPSA) is 15.3 Å². The van der Waals surface area contributed by atoms with Gasteiger partial charge in [0, 0.05) is 31.1 Å². The van der Waals surface area contributed by atoms with Gasteiger partial charge in [0.2, 0.25) is 0 Å². The molecule has 0 aliphatic carbocycles. The van der Waals surface area contributed by atoms with Crippen LogP contribution in [0.3, 0.4) is 0 Å². The molecule has 0 saturated carbocycles. The fourth-order valence-corrected chi connectivity index (χ4v) is 3.50. The van der Waals surface area contributed by atoms with Gasteiger partial charge in [0.05, 0.1) is 4.87 Å². The Morgan fingerprint density at radius 3 is 2.56 bits per heavy atom. The second-order valence-corrected chi connectivity index (χ2v) is 6.87. The third kappa shape index (κ3) is 3.25. The summed E-state index contributed by atoms with van der Waals surface area (Å²) in [7, 11) is 0. The molecule has 0 spiro atoms. The average molecular weight is 268 g/mol. The normalized spacial score (nSPS) is 18.0. The number of piperazine rings is 1. The van der Waals surface area contributed by atoms with Crippen LogP contribution in [-0.2, 0) is 0 Å². The quantitative estimate of drug-likeness (QED) is 0.849. The highest BCUT2D eigenvalue weighted by Crippen LogP contribution is 2.36. The van der Waals surface area contributed by atoms with E-state index in [0.717, 1.165) is 36.6 Å². The Bertz CT molecular complexity index is 414. The molecule has 1 aliphatic heterocycles. The number of nitrogens with zero attached hydrogens (tertiary/aromatic N) is 1. The Hall–Kier alpha value is -0.580. The SMILES string of the molecule is Cc1cc(SC(C)(C)N2CCNCC2)ccc1F. The lowest BCUT2D eigenvalue weighted by Crippen LogP contribution is -2.51. The van der Waals surface area contributed by atoms with Crippen molar-refractivity contribution in [2.24, 2.45) is 0 Å². The Labute approximate surface area is 113 Å². The predicted molar refractivity (Wildman–Crippen MR) is 75.5 cm³/mol. The van der Waals surface area contributed by atoms with E-state index in [4.69, 9.17) is 0 Å². The van der Waals surface area contributed by atoms with Crippen LogP contribution in [0.4, 0.5) is 4.39 Å². The van der Waals surface area contributed by atoms with E-state index in [1.807, 2.05) is 19.1 Å². The lowest BCUT2D eigenvalue weighted by atomic mass is 10.2. The van der Waals surface area contributed by atoms with Gasteiger partial charge in [-0.15, -0.1) is 11.8 Å². The van der Waals surface area contributed by atoms with Crippen LogP contribution in [0.2, 0.25) is 0 Å². The van der Waals surface area contributed by atoms with Gasteiger partial charge in [-0.05, 0) is 44.5 Å². The van der Waals surface area contributed by atoms with E-state index < -0.39 is 0 Å². The maximum atomic E-state index is 13.3. The third-order valence-electron chi connectivity index (χ3n) is 3.38. The lowest BCUT2D eigenvalue weighted by Gasteiger charge is -2.40. The Morgan fingerprint density at radius 1 is 1.28 bits per heavy atom. The van der Waals surface area contributed by atoms with Gasteiger partial charge in [0.15, 0.2) is 0 Å². The molecule has 100 valence electrons. The summed E-state index contributed by atoms with van der Waals surface area (Å²) in [5.74, 6) is -0.126. The van der Waals surface area contributed by atoms with Crippen LogP contribution in [0.5, 0.6) is 0 Å². The van der Waals surface area contributed by atoms with Crippen LogP contribution in [0.1, 0.15) is 19.4 Å². The molecule has 1 N–H and O–H groups in total. The van der Waals surface area contributed by atoms with Crippen molar-refractivity contribution in [3.8, 4) is 0 Å². The van der Waals surface area contributed by atoms with Gasteiger partial charge in [-0.2, -0.15) is 0 Å². The molecule has 1 aromatic rings. The first-order valence-corrected chi connectivity index (χ1v) is 7.21. The lowest BCUT2D eigenvalue weighted by molar-refractivity contribution is 0.172. The minimum absolute atomic E-state index is 0.0480. The molecule has 1 aliphatic rings. The highest BCUT2D eigenvalue weighted by atomic mass is 32.2. The molecule has 0 bridgehead atoms. The number of nitrogens with one attached hydrogen (secondary N) is 1. The molecule has 0 amide bonds. The van der Waals surface area contributed by atoms with Gasteiger partial charge in [-0.25, -0.2) is 4.39 Å². The molecule has 1 fully saturated rings. The summed E-state index contributed by atoms with van der Waals surface area (Å²) in [6.07, 6.45) is 0. The Balaban J connectivity index is 2.08. The van der Waals surface area contributed by atoms with Crippen molar-refractivity contribution in [3.63, 3.8) is 0 Å². The molecule has 4 heteroatoms. The number of halogens is 1. The molecule has 0 aromatic heterocycles. The monoisotopic (exact) mass is 268 g/mol. The summed E-state index contributed by atoms with van der Waals surface area (Å²) in [6.45, 7) is 10.5. The molecule has 18 heavy (non-hydrogen) atoms. The van der Waals surface area contributed by atoms with Gasteiger partial charge in [0.25, 0.3) is 0 Å². The summed E-state index contributed by atoms with van der Waals surface area (Å²) in [4.78, 5) is 3.66. The van der Waals surface area contributed by atoms with Crippen LogP contribution in [0, 0.1) is 12.7 Å². The van der Waals surface area contributed by atoms with Crippen molar-refractivity contribution >= 4 is 11.8 Å². The summed E-state index contributed by atoms with van der Waals surface area (Å²) >= 11 is 1.81. The van der Waals surface area contributed by atoms with E-state index >= 15 is 0 Å². The summed E-state index contributed by atoms with van der Waals surface area (Å²) < 4.78 is 13.3. The van der Waals surface area contributed by atoms with E-state index in [-0.39, 0.29) is 10.7 Å². The first-order valence-electron chi connectivity index (χ1n) is 6.40. The van der Waals surface area contributed by atoms with E-state index in [2.05, 4.69) is 24.1 Å². The zero-order chi connectivity index (χ0) is 13.2. The number of hydrogen-bond acceptors (Lipinski definition) is 3. The first kappa shape index (κ1) is 13.8. The number of thioether (sulfide) groups is 1. The fourth-order valence-electron chi connectivity index (χ4n) is 2.24. The summed E-state index contributed by atoms with van der Waals surface area (Å²) in [5.41, 5.74) is 0.719. The zero-order valence-corrected chi connectivity index (χ0v) is 12.1. The van der Waals surface area contributed by atoms with Crippen molar-refractivity contribution < 1.29 is 4.39 Å². The summed E-state index contributed by atoms with van der Waals surface area (Å²) in [6, 6.07) is 5.37. The van der Waals surface area contributed by atoms with E-state index in [1.54, 1.807) is 17.8 Å². The van der Waals surface area contributed by atoms with Crippen molar-refractivity contribution in [2.75, 3.05) is 26.2 Å². The second kappa shape index (κ2) is 5.59. The standard InChI is InChI=1S/C14H21FN2S/c1-11-10-12(4-5-13(11)15)18-14(2,3)17-8-6-16-7-9-17/h4-5,10,16H,6-9H2,1-3H3. The van der Waals surface area contributed by atoms with Gasteiger partial charge >= 0.3 is 0 Å². The minimum Gasteiger partial charge on any atom is -0.314 e. The molecule has 1 aromatic carbocycles. The number of hydrogen-bond donors (Lipinski definition) is 1.